The standard InChI is InChI=1S/C17H32N2O4/c1-12(16(2,3)11-20)10-14(21)18-15(22)17(4,5)19-13-6-8-23-9-7-13/h10,12-13,19-21H,6-9,11H2,1-5H3,(H,18,22)/b14-10-. The molecule has 0 aromatic carbocycles. The summed E-state index contributed by atoms with van der Waals surface area (Å²) in [6.07, 6.45) is 3.32. The van der Waals surface area contributed by atoms with Gasteiger partial charge in [-0.15, -0.1) is 0 Å². The van der Waals surface area contributed by atoms with Crippen molar-refractivity contribution in [2.24, 2.45) is 11.3 Å². The maximum absolute atomic E-state index is 12.4. The Kier molecular flexibility index (Phi) is 7.04. The third kappa shape index (κ3) is 6.12. The first-order chi connectivity index (χ1) is 10.6. The summed E-state index contributed by atoms with van der Waals surface area (Å²) in [5.41, 5.74) is -1.16. The fourth-order valence-corrected chi connectivity index (χ4v) is 2.34. The quantitative estimate of drug-likeness (QED) is 0.534. The van der Waals surface area contributed by atoms with E-state index in [0.717, 1.165) is 12.8 Å². The van der Waals surface area contributed by atoms with Crippen LogP contribution in [0, 0.1) is 11.3 Å². The molecule has 1 aliphatic rings. The van der Waals surface area contributed by atoms with E-state index in [4.69, 9.17) is 4.74 Å². The number of amides is 1. The number of rotatable bonds is 7. The predicted octanol–water partition coefficient (Wildman–Crippen LogP) is 1.70. The largest absolute Gasteiger partial charge is 0.495 e. The Hall–Kier alpha value is -1.11. The van der Waals surface area contributed by atoms with Crippen molar-refractivity contribution < 1.29 is 19.7 Å². The lowest BCUT2D eigenvalue weighted by molar-refractivity contribution is -0.127. The number of nitrogens with one attached hydrogen (secondary N) is 2. The third-order valence-electron chi connectivity index (χ3n) is 4.64. The van der Waals surface area contributed by atoms with Gasteiger partial charge in [-0.3, -0.25) is 10.1 Å². The molecule has 0 aromatic heterocycles. The second-order valence-corrected chi connectivity index (χ2v) is 7.60. The minimum atomic E-state index is -0.792. The molecule has 134 valence electrons. The van der Waals surface area contributed by atoms with Crippen LogP contribution in [0.1, 0.15) is 47.5 Å². The van der Waals surface area contributed by atoms with Gasteiger partial charge >= 0.3 is 0 Å². The SMILES string of the molecule is CC(/C=C(\O)NC(=O)C(C)(C)NC1CCOCC1)C(C)(C)CO. The minimum Gasteiger partial charge on any atom is -0.495 e. The summed E-state index contributed by atoms with van der Waals surface area (Å²) < 4.78 is 5.32. The molecule has 1 amide bonds. The van der Waals surface area contributed by atoms with Gasteiger partial charge in [0.2, 0.25) is 5.91 Å². The minimum absolute atomic E-state index is 0.00267. The molecule has 0 spiro atoms. The molecule has 0 saturated carbocycles. The zero-order valence-corrected chi connectivity index (χ0v) is 15.0. The molecule has 1 heterocycles. The first-order valence-electron chi connectivity index (χ1n) is 8.27. The summed E-state index contributed by atoms with van der Waals surface area (Å²) in [5.74, 6) is -0.544. The molecule has 1 saturated heterocycles. The fraction of sp³-hybridized carbons (Fsp3) is 0.824. The zero-order chi connectivity index (χ0) is 17.7. The Balaban J connectivity index is 2.61. The highest BCUT2D eigenvalue weighted by Crippen LogP contribution is 2.27. The molecule has 0 bridgehead atoms. The van der Waals surface area contributed by atoms with Crippen LogP contribution in [0.15, 0.2) is 12.0 Å². The summed E-state index contributed by atoms with van der Waals surface area (Å²) in [6, 6.07) is 0.239. The lowest BCUT2D eigenvalue weighted by Crippen LogP contribution is -2.56. The first kappa shape index (κ1) is 19.9. The van der Waals surface area contributed by atoms with Crippen molar-refractivity contribution in [1.82, 2.24) is 10.6 Å². The average Bonchev–Trinajstić information content (AvgIpc) is 2.47. The zero-order valence-electron chi connectivity index (χ0n) is 15.0. The predicted molar refractivity (Wildman–Crippen MR) is 89.9 cm³/mol. The van der Waals surface area contributed by atoms with E-state index in [9.17, 15) is 15.0 Å². The van der Waals surface area contributed by atoms with E-state index in [2.05, 4.69) is 10.6 Å². The second kappa shape index (κ2) is 8.13. The van der Waals surface area contributed by atoms with Gasteiger partial charge in [-0.2, -0.15) is 0 Å². The van der Waals surface area contributed by atoms with Crippen molar-refractivity contribution in [1.29, 1.82) is 0 Å². The molecule has 6 nitrogen and oxygen atoms in total. The van der Waals surface area contributed by atoms with Crippen molar-refractivity contribution in [3.8, 4) is 0 Å². The van der Waals surface area contributed by atoms with Gasteiger partial charge in [0.1, 0.15) is 0 Å². The third-order valence-corrected chi connectivity index (χ3v) is 4.64. The summed E-state index contributed by atoms with van der Waals surface area (Å²) in [5, 5.41) is 25.2. The van der Waals surface area contributed by atoms with Gasteiger partial charge < -0.3 is 20.3 Å². The monoisotopic (exact) mass is 328 g/mol. The number of ether oxygens (including phenoxy) is 1. The van der Waals surface area contributed by atoms with Gasteiger partial charge in [-0.1, -0.05) is 20.8 Å². The lowest BCUT2D eigenvalue weighted by atomic mass is 9.81. The van der Waals surface area contributed by atoms with Crippen LogP contribution in [0.4, 0.5) is 0 Å². The van der Waals surface area contributed by atoms with Gasteiger partial charge in [0.25, 0.3) is 0 Å². The van der Waals surface area contributed by atoms with Crippen LogP contribution in [0.3, 0.4) is 0 Å². The van der Waals surface area contributed by atoms with Crippen LogP contribution >= 0.6 is 0 Å². The molecule has 1 fully saturated rings. The summed E-state index contributed by atoms with van der Waals surface area (Å²) >= 11 is 0. The van der Waals surface area contributed by atoms with Gasteiger partial charge in [0.15, 0.2) is 5.88 Å². The smallest absolute Gasteiger partial charge is 0.246 e. The number of carbonyl (C=O) groups excluding carboxylic acids is 1. The van der Waals surface area contributed by atoms with Gasteiger partial charge in [0, 0.05) is 25.9 Å². The van der Waals surface area contributed by atoms with E-state index in [-0.39, 0.29) is 35.8 Å². The number of allylic oxidation sites excluding steroid dienone is 1. The van der Waals surface area contributed by atoms with E-state index < -0.39 is 5.54 Å². The van der Waals surface area contributed by atoms with Crippen molar-refractivity contribution >= 4 is 5.91 Å². The summed E-state index contributed by atoms with van der Waals surface area (Å²) in [7, 11) is 0. The molecular formula is C17H32N2O4. The summed E-state index contributed by atoms with van der Waals surface area (Å²) in [6.45, 7) is 10.7. The van der Waals surface area contributed by atoms with E-state index >= 15 is 0 Å². The second-order valence-electron chi connectivity index (χ2n) is 7.60. The first-order valence-corrected chi connectivity index (χ1v) is 8.27. The Morgan fingerprint density at radius 2 is 1.87 bits per heavy atom. The van der Waals surface area contributed by atoms with Gasteiger partial charge in [-0.05, 0) is 44.1 Å². The van der Waals surface area contributed by atoms with Crippen molar-refractivity contribution in [3.63, 3.8) is 0 Å². The molecule has 0 aromatic rings. The Labute approximate surface area is 139 Å². The van der Waals surface area contributed by atoms with Crippen LogP contribution in [0.25, 0.3) is 0 Å². The maximum atomic E-state index is 12.4. The molecule has 1 aliphatic heterocycles. The topological polar surface area (TPSA) is 90.8 Å². The van der Waals surface area contributed by atoms with Crippen LogP contribution < -0.4 is 10.6 Å². The van der Waals surface area contributed by atoms with E-state index in [0.29, 0.717) is 13.2 Å². The van der Waals surface area contributed by atoms with E-state index in [1.165, 1.54) is 0 Å². The Morgan fingerprint density at radius 3 is 2.39 bits per heavy atom. The Morgan fingerprint density at radius 1 is 1.30 bits per heavy atom. The normalized spacial score (nSPS) is 19.5. The van der Waals surface area contributed by atoms with Crippen LogP contribution in [-0.4, -0.2) is 47.5 Å². The van der Waals surface area contributed by atoms with Crippen molar-refractivity contribution in [3.05, 3.63) is 12.0 Å². The maximum Gasteiger partial charge on any atom is 0.246 e. The number of aliphatic hydroxyl groups is 2. The van der Waals surface area contributed by atoms with Crippen LogP contribution in [-0.2, 0) is 9.53 Å². The van der Waals surface area contributed by atoms with Crippen LogP contribution in [0.2, 0.25) is 0 Å². The number of hydrogen-bond donors (Lipinski definition) is 4. The Bertz CT molecular complexity index is 426. The molecule has 23 heavy (non-hydrogen) atoms. The molecule has 1 rings (SSSR count). The van der Waals surface area contributed by atoms with E-state index in [1.807, 2.05) is 20.8 Å². The molecule has 0 aliphatic carbocycles. The van der Waals surface area contributed by atoms with Crippen molar-refractivity contribution in [2.75, 3.05) is 19.8 Å². The van der Waals surface area contributed by atoms with Crippen molar-refractivity contribution in [2.45, 2.75) is 59.0 Å². The molecule has 1 atom stereocenters. The highest BCUT2D eigenvalue weighted by molar-refractivity contribution is 5.86. The molecule has 4 N–H and O–H groups in total. The molecule has 6 heteroatoms. The van der Waals surface area contributed by atoms with Gasteiger partial charge in [0.05, 0.1) is 5.54 Å². The number of hydrogen-bond acceptors (Lipinski definition) is 5. The van der Waals surface area contributed by atoms with Crippen LogP contribution in [0.5, 0.6) is 0 Å². The van der Waals surface area contributed by atoms with Gasteiger partial charge in [-0.25, -0.2) is 0 Å². The number of aliphatic hydroxyl groups excluding tert-OH is 2. The van der Waals surface area contributed by atoms with E-state index in [1.54, 1.807) is 19.9 Å². The lowest BCUT2D eigenvalue weighted by Gasteiger charge is -2.33. The summed E-state index contributed by atoms with van der Waals surface area (Å²) in [4.78, 5) is 12.4. The molecule has 1 unspecified atom stereocenters. The average molecular weight is 328 g/mol. The molecular weight excluding hydrogens is 296 g/mol. The molecule has 0 radical (unpaired) electrons. The number of carbonyl (C=O) groups is 1. The highest BCUT2D eigenvalue weighted by atomic mass is 16.5. The fourth-order valence-electron chi connectivity index (χ4n) is 2.34. The highest BCUT2D eigenvalue weighted by Gasteiger charge is 2.32.